The Morgan fingerprint density at radius 3 is 2.63 bits per heavy atom. The van der Waals surface area contributed by atoms with Crippen molar-refractivity contribution in [2.75, 3.05) is 6.61 Å². The molecule has 0 atom stereocenters. The van der Waals surface area contributed by atoms with Gasteiger partial charge in [-0.3, -0.25) is 14.3 Å². The second-order valence-corrected chi connectivity index (χ2v) is 7.04. The molecule has 154 valence electrons. The number of benzene rings is 2. The summed E-state index contributed by atoms with van der Waals surface area (Å²) in [5, 5.41) is 13.6. The summed E-state index contributed by atoms with van der Waals surface area (Å²) in [5.41, 5.74) is 2.32. The molecule has 3 rings (SSSR count). The lowest BCUT2D eigenvalue weighted by atomic mass is 10.1. The minimum Gasteiger partial charge on any atom is -0.494 e. The molecule has 0 unspecified atom stereocenters. The zero-order chi connectivity index (χ0) is 21.3. The predicted molar refractivity (Wildman–Crippen MR) is 115 cm³/mol. The van der Waals surface area contributed by atoms with Crippen molar-refractivity contribution >= 4 is 29.4 Å². The summed E-state index contributed by atoms with van der Waals surface area (Å²) >= 11 is 6.18. The normalized spacial score (nSPS) is 11.0. The number of allylic oxidation sites excluding steroid dienone is 1. The van der Waals surface area contributed by atoms with Crippen LogP contribution in [-0.4, -0.2) is 33.2 Å². The van der Waals surface area contributed by atoms with Gasteiger partial charge < -0.3 is 9.84 Å². The van der Waals surface area contributed by atoms with E-state index in [0.717, 1.165) is 11.1 Å². The third-order valence-corrected chi connectivity index (χ3v) is 4.68. The first-order valence-electron chi connectivity index (χ1n) is 9.44. The molecule has 0 radical (unpaired) electrons. The van der Waals surface area contributed by atoms with Crippen LogP contribution >= 0.6 is 11.6 Å². The number of carbonyl (C=O) groups is 2. The minimum absolute atomic E-state index is 0.0658. The van der Waals surface area contributed by atoms with E-state index in [4.69, 9.17) is 21.4 Å². The molecule has 0 saturated carbocycles. The van der Waals surface area contributed by atoms with Crippen LogP contribution in [0, 0.1) is 0 Å². The molecule has 0 bridgehead atoms. The summed E-state index contributed by atoms with van der Waals surface area (Å²) in [4.78, 5) is 22.9. The quantitative estimate of drug-likeness (QED) is 0.289. The number of nitrogens with zero attached hydrogens (tertiary/aromatic N) is 2. The number of ether oxygens (including phenoxy) is 1. The van der Waals surface area contributed by atoms with E-state index in [1.165, 1.54) is 6.08 Å². The van der Waals surface area contributed by atoms with Crippen molar-refractivity contribution in [2.24, 2.45) is 0 Å². The van der Waals surface area contributed by atoms with Crippen LogP contribution in [0.2, 0.25) is 5.02 Å². The number of carboxylic acid groups (broad SMARTS) is 1. The molecule has 1 aromatic heterocycles. The van der Waals surface area contributed by atoms with Crippen molar-refractivity contribution in [1.29, 1.82) is 0 Å². The molecule has 2 aromatic carbocycles. The molecule has 0 aliphatic heterocycles. The lowest BCUT2D eigenvalue weighted by Crippen LogP contribution is -2.02. The average Bonchev–Trinajstić information content (AvgIpc) is 3.19. The maximum atomic E-state index is 12.4. The third kappa shape index (κ3) is 6.32. The molecular weight excluding hydrogens is 404 g/mol. The fourth-order valence-electron chi connectivity index (χ4n) is 2.75. The van der Waals surface area contributed by atoms with Gasteiger partial charge in [0.2, 0.25) is 0 Å². The smallest absolute Gasteiger partial charge is 0.303 e. The number of aromatic nitrogens is 2. The first kappa shape index (κ1) is 21.3. The number of hydrogen-bond donors (Lipinski definition) is 1. The number of aliphatic carboxylic acids is 1. The highest BCUT2D eigenvalue weighted by Crippen LogP contribution is 2.17. The topological polar surface area (TPSA) is 81.4 Å². The molecule has 0 saturated heterocycles. The molecule has 0 spiro atoms. The Kier molecular flexibility index (Phi) is 7.40. The summed E-state index contributed by atoms with van der Waals surface area (Å²) in [6, 6.07) is 14.4. The third-order valence-electron chi connectivity index (χ3n) is 4.31. The summed E-state index contributed by atoms with van der Waals surface area (Å²) in [7, 11) is 0. The van der Waals surface area contributed by atoms with Crippen molar-refractivity contribution in [3.05, 3.63) is 88.7 Å². The molecule has 6 nitrogen and oxygen atoms in total. The molecular formula is C23H21ClN2O4. The lowest BCUT2D eigenvalue weighted by molar-refractivity contribution is -0.137. The summed E-state index contributed by atoms with van der Waals surface area (Å²) in [5.74, 6) is -0.381. The van der Waals surface area contributed by atoms with Crippen molar-refractivity contribution in [3.63, 3.8) is 0 Å². The van der Waals surface area contributed by atoms with E-state index >= 15 is 0 Å². The summed E-state index contributed by atoms with van der Waals surface area (Å²) < 4.78 is 7.23. The standard InChI is InChI=1S/C23H21ClN2O4/c24-21-5-2-1-4-19(21)16-26-15-17(14-25-26)7-12-22(27)18-8-10-20(11-9-18)30-13-3-6-23(28)29/h1-2,4-5,7-12,14-15H,3,6,13,16H2,(H,28,29). The maximum Gasteiger partial charge on any atom is 0.303 e. The molecule has 0 aliphatic rings. The van der Waals surface area contributed by atoms with E-state index in [9.17, 15) is 9.59 Å². The second-order valence-electron chi connectivity index (χ2n) is 6.63. The monoisotopic (exact) mass is 424 g/mol. The molecule has 7 heteroatoms. The van der Waals surface area contributed by atoms with Gasteiger partial charge in [-0.15, -0.1) is 0 Å². The van der Waals surface area contributed by atoms with Crippen molar-refractivity contribution < 1.29 is 19.4 Å². The van der Waals surface area contributed by atoms with E-state index in [0.29, 0.717) is 35.9 Å². The first-order valence-corrected chi connectivity index (χ1v) is 9.82. The highest BCUT2D eigenvalue weighted by Gasteiger charge is 2.05. The van der Waals surface area contributed by atoms with Crippen LogP contribution in [0.1, 0.15) is 34.3 Å². The van der Waals surface area contributed by atoms with Crippen LogP contribution < -0.4 is 4.74 Å². The molecule has 0 fully saturated rings. The Bertz CT molecular complexity index is 1040. The van der Waals surface area contributed by atoms with Crippen LogP contribution in [0.4, 0.5) is 0 Å². The largest absolute Gasteiger partial charge is 0.494 e. The van der Waals surface area contributed by atoms with Gasteiger partial charge in [-0.2, -0.15) is 5.10 Å². The molecule has 0 amide bonds. The van der Waals surface area contributed by atoms with Gasteiger partial charge >= 0.3 is 5.97 Å². The van der Waals surface area contributed by atoms with E-state index in [1.54, 1.807) is 41.2 Å². The minimum atomic E-state index is -0.847. The Balaban J connectivity index is 1.53. The van der Waals surface area contributed by atoms with Gasteiger partial charge in [-0.05, 0) is 54.5 Å². The number of halogens is 1. The Morgan fingerprint density at radius 2 is 1.90 bits per heavy atom. The highest BCUT2D eigenvalue weighted by atomic mass is 35.5. The van der Waals surface area contributed by atoms with Crippen LogP contribution in [0.15, 0.2) is 67.0 Å². The maximum absolute atomic E-state index is 12.4. The number of carboxylic acids is 1. The molecule has 0 aliphatic carbocycles. The van der Waals surface area contributed by atoms with Crippen molar-refractivity contribution in [3.8, 4) is 5.75 Å². The van der Waals surface area contributed by atoms with Gasteiger partial charge in [0.25, 0.3) is 0 Å². The SMILES string of the molecule is O=C(O)CCCOc1ccc(C(=O)C=Cc2cnn(Cc3ccccc3Cl)c2)cc1. The van der Waals surface area contributed by atoms with E-state index in [2.05, 4.69) is 5.10 Å². The fraction of sp³-hybridized carbons (Fsp3) is 0.174. The zero-order valence-corrected chi connectivity index (χ0v) is 17.0. The Hall–Kier alpha value is -3.38. The van der Waals surface area contributed by atoms with Gasteiger partial charge in [0.05, 0.1) is 19.3 Å². The summed E-state index contributed by atoms with van der Waals surface area (Å²) in [6.45, 7) is 0.868. The van der Waals surface area contributed by atoms with E-state index < -0.39 is 5.97 Å². The van der Waals surface area contributed by atoms with E-state index in [-0.39, 0.29) is 12.2 Å². The van der Waals surface area contributed by atoms with Crippen LogP contribution in [0.5, 0.6) is 5.75 Å². The van der Waals surface area contributed by atoms with Crippen LogP contribution in [0.3, 0.4) is 0 Å². The van der Waals surface area contributed by atoms with Crippen LogP contribution in [0.25, 0.3) is 6.08 Å². The molecule has 1 N–H and O–H groups in total. The summed E-state index contributed by atoms with van der Waals surface area (Å²) in [6.07, 6.45) is 7.25. The van der Waals surface area contributed by atoms with Gasteiger partial charge in [0, 0.05) is 28.8 Å². The first-order chi connectivity index (χ1) is 14.5. The average molecular weight is 425 g/mol. The number of carbonyl (C=O) groups excluding carboxylic acids is 1. The molecule has 30 heavy (non-hydrogen) atoms. The number of rotatable bonds is 10. The van der Waals surface area contributed by atoms with E-state index in [1.807, 2.05) is 30.5 Å². The second kappa shape index (κ2) is 10.4. The lowest BCUT2D eigenvalue weighted by Gasteiger charge is -2.05. The zero-order valence-electron chi connectivity index (χ0n) is 16.2. The van der Waals surface area contributed by atoms with Gasteiger partial charge in [-0.25, -0.2) is 0 Å². The van der Waals surface area contributed by atoms with Crippen molar-refractivity contribution in [1.82, 2.24) is 9.78 Å². The molecule has 1 heterocycles. The predicted octanol–water partition coefficient (Wildman–Crippen LogP) is 4.72. The fourth-order valence-corrected chi connectivity index (χ4v) is 2.95. The van der Waals surface area contributed by atoms with Gasteiger partial charge in [0.15, 0.2) is 5.78 Å². The number of ketones is 1. The van der Waals surface area contributed by atoms with Crippen molar-refractivity contribution in [2.45, 2.75) is 19.4 Å². The highest BCUT2D eigenvalue weighted by molar-refractivity contribution is 6.31. The van der Waals surface area contributed by atoms with Gasteiger partial charge in [0.1, 0.15) is 5.75 Å². The Labute approximate surface area is 179 Å². The van der Waals surface area contributed by atoms with Crippen LogP contribution in [-0.2, 0) is 11.3 Å². The van der Waals surface area contributed by atoms with Gasteiger partial charge in [-0.1, -0.05) is 29.8 Å². The number of hydrogen-bond acceptors (Lipinski definition) is 4. The molecule has 3 aromatic rings. The Morgan fingerprint density at radius 1 is 1.13 bits per heavy atom.